The SMILES string of the molecule is COC(=O)CCOCCOCCOCCOCCOCCOCCOCCOCCOCCOCCOCCOC(=O)c1ccccc1. The molecule has 0 amide bonds. The average molecular weight is 693 g/mol. The summed E-state index contributed by atoms with van der Waals surface area (Å²) in [5, 5.41) is 0. The molecule has 0 N–H and O–H groups in total. The fourth-order valence-corrected chi connectivity index (χ4v) is 3.41. The van der Waals surface area contributed by atoms with E-state index in [-0.39, 0.29) is 25.0 Å². The van der Waals surface area contributed by atoms with Crippen LogP contribution in [0.3, 0.4) is 0 Å². The molecule has 0 fully saturated rings. The zero-order valence-electron chi connectivity index (χ0n) is 28.5. The second kappa shape index (κ2) is 36.0. The van der Waals surface area contributed by atoms with Crippen LogP contribution in [0.15, 0.2) is 30.3 Å². The molecule has 0 aliphatic heterocycles. The molecule has 0 aromatic heterocycles. The van der Waals surface area contributed by atoms with Gasteiger partial charge >= 0.3 is 11.9 Å². The van der Waals surface area contributed by atoms with Crippen molar-refractivity contribution in [1.82, 2.24) is 0 Å². The molecular formula is C33H56O15. The van der Waals surface area contributed by atoms with E-state index in [4.69, 9.17) is 56.8 Å². The van der Waals surface area contributed by atoms with Gasteiger partial charge in [-0.2, -0.15) is 0 Å². The van der Waals surface area contributed by atoms with Crippen LogP contribution in [-0.4, -0.2) is 171 Å². The van der Waals surface area contributed by atoms with E-state index < -0.39 is 0 Å². The number of hydrogen-bond acceptors (Lipinski definition) is 15. The molecule has 15 nitrogen and oxygen atoms in total. The van der Waals surface area contributed by atoms with Gasteiger partial charge in [0, 0.05) is 0 Å². The third-order valence-electron chi connectivity index (χ3n) is 5.87. The Kier molecular flexibility index (Phi) is 32.8. The van der Waals surface area contributed by atoms with Crippen LogP contribution in [0.1, 0.15) is 16.8 Å². The lowest BCUT2D eigenvalue weighted by atomic mass is 10.2. The molecule has 0 aliphatic carbocycles. The minimum absolute atomic E-state index is 0.197. The van der Waals surface area contributed by atoms with E-state index in [1.54, 1.807) is 24.3 Å². The summed E-state index contributed by atoms with van der Waals surface area (Å²) in [6, 6.07) is 8.84. The van der Waals surface area contributed by atoms with Crippen LogP contribution in [0.25, 0.3) is 0 Å². The van der Waals surface area contributed by atoms with Crippen molar-refractivity contribution in [2.45, 2.75) is 6.42 Å². The molecule has 0 saturated heterocycles. The Bertz CT molecular complexity index is 831. The van der Waals surface area contributed by atoms with Gasteiger partial charge in [-0.25, -0.2) is 4.79 Å². The molecule has 48 heavy (non-hydrogen) atoms. The highest BCUT2D eigenvalue weighted by Crippen LogP contribution is 2.00. The molecule has 0 saturated carbocycles. The van der Waals surface area contributed by atoms with Gasteiger partial charge in [0.05, 0.1) is 164 Å². The van der Waals surface area contributed by atoms with Crippen molar-refractivity contribution in [3.05, 3.63) is 35.9 Å². The minimum Gasteiger partial charge on any atom is -0.469 e. The second-order valence-corrected chi connectivity index (χ2v) is 9.56. The highest BCUT2D eigenvalue weighted by atomic mass is 16.6. The van der Waals surface area contributed by atoms with Gasteiger partial charge in [0.25, 0.3) is 0 Å². The standard InChI is InChI=1S/C33H56O15/c1-36-32(34)7-8-37-9-10-38-11-12-39-13-14-40-15-16-41-17-18-42-19-20-43-21-22-44-23-24-45-25-26-46-27-28-47-29-30-48-33(35)31-5-3-2-4-6-31/h2-6H,7-30H2,1H3. The molecule has 0 unspecified atom stereocenters. The number of ether oxygens (including phenoxy) is 13. The Labute approximate surface area is 284 Å². The highest BCUT2D eigenvalue weighted by Gasteiger charge is 2.05. The molecule has 278 valence electrons. The van der Waals surface area contributed by atoms with Gasteiger partial charge in [0.2, 0.25) is 0 Å². The lowest BCUT2D eigenvalue weighted by molar-refractivity contribution is -0.141. The average Bonchev–Trinajstić information content (AvgIpc) is 3.11. The van der Waals surface area contributed by atoms with Gasteiger partial charge in [-0.1, -0.05) is 18.2 Å². The van der Waals surface area contributed by atoms with Crippen molar-refractivity contribution in [2.75, 3.05) is 159 Å². The molecule has 0 atom stereocenters. The van der Waals surface area contributed by atoms with E-state index >= 15 is 0 Å². The quantitative estimate of drug-likeness (QED) is 0.0732. The van der Waals surface area contributed by atoms with Crippen molar-refractivity contribution < 1.29 is 71.2 Å². The summed E-state index contributed by atoms with van der Waals surface area (Å²) in [6.07, 6.45) is 0.240. The van der Waals surface area contributed by atoms with E-state index in [0.717, 1.165) is 0 Å². The zero-order valence-corrected chi connectivity index (χ0v) is 28.5. The lowest BCUT2D eigenvalue weighted by Crippen LogP contribution is -2.15. The predicted octanol–water partition coefficient (Wildman–Crippen LogP) is 1.59. The molecule has 1 rings (SSSR count). The van der Waals surface area contributed by atoms with Gasteiger partial charge in [-0.3, -0.25) is 4.79 Å². The number of carbonyl (C=O) groups excluding carboxylic acids is 2. The van der Waals surface area contributed by atoms with Crippen LogP contribution in [0.2, 0.25) is 0 Å². The molecule has 0 radical (unpaired) electrons. The molecule has 0 bridgehead atoms. The van der Waals surface area contributed by atoms with Crippen LogP contribution in [-0.2, 0) is 66.4 Å². The monoisotopic (exact) mass is 692 g/mol. The van der Waals surface area contributed by atoms with E-state index in [2.05, 4.69) is 4.74 Å². The van der Waals surface area contributed by atoms with E-state index in [0.29, 0.717) is 151 Å². The van der Waals surface area contributed by atoms with Gasteiger partial charge in [-0.05, 0) is 12.1 Å². The summed E-state index contributed by atoms with van der Waals surface area (Å²) >= 11 is 0. The Morgan fingerprint density at radius 2 is 0.667 bits per heavy atom. The van der Waals surface area contributed by atoms with Crippen LogP contribution >= 0.6 is 0 Å². The zero-order chi connectivity index (χ0) is 34.4. The summed E-state index contributed by atoms with van der Waals surface area (Å²) in [4.78, 5) is 22.7. The Balaban J connectivity index is 1.63. The molecule has 0 aliphatic rings. The first kappa shape index (κ1) is 43.7. The van der Waals surface area contributed by atoms with Crippen molar-refractivity contribution in [3.8, 4) is 0 Å². The van der Waals surface area contributed by atoms with Crippen molar-refractivity contribution in [3.63, 3.8) is 0 Å². The molecule has 0 spiro atoms. The number of esters is 2. The molecule has 1 aromatic carbocycles. The smallest absolute Gasteiger partial charge is 0.338 e. The number of benzene rings is 1. The summed E-state index contributed by atoms with van der Waals surface area (Å²) in [6.45, 7) is 10.2. The largest absolute Gasteiger partial charge is 0.469 e. The minimum atomic E-state index is -0.360. The van der Waals surface area contributed by atoms with Gasteiger partial charge in [0.1, 0.15) is 6.61 Å². The Hall–Kier alpha value is -2.28. The Morgan fingerprint density at radius 3 is 0.958 bits per heavy atom. The highest BCUT2D eigenvalue weighted by molar-refractivity contribution is 5.89. The second-order valence-electron chi connectivity index (χ2n) is 9.56. The predicted molar refractivity (Wildman–Crippen MR) is 172 cm³/mol. The summed E-state index contributed by atoms with van der Waals surface area (Å²) in [7, 11) is 1.35. The van der Waals surface area contributed by atoms with Gasteiger partial charge in [-0.15, -0.1) is 0 Å². The summed E-state index contributed by atoms with van der Waals surface area (Å²) in [5.41, 5.74) is 0.522. The van der Waals surface area contributed by atoms with Crippen LogP contribution < -0.4 is 0 Å². The van der Waals surface area contributed by atoms with E-state index in [9.17, 15) is 9.59 Å². The first-order valence-electron chi connectivity index (χ1n) is 16.4. The molecule has 15 heteroatoms. The fraction of sp³-hybridized carbons (Fsp3) is 0.758. The summed E-state index contributed by atoms with van der Waals surface area (Å²) in [5.74, 6) is -0.650. The maximum Gasteiger partial charge on any atom is 0.338 e. The summed E-state index contributed by atoms with van der Waals surface area (Å²) < 4.78 is 69.3. The maximum atomic E-state index is 11.8. The van der Waals surface area contributed by atoms with Crippen molar-refractivity contribution >= 4 is 11.9 Å². The number of hydrogen-bond donors (Lipinski definition) is 0. The normalized spacial score (nSPS) is 11.2. The molecule has 0 heterocycles. The maximum absolute atomic E-state index is 11.8. The first-order valence-corrected chi connectivity index (χ1v) is 16.4. The molecular weight excluding hydrogens is 636 g/mol. The Morgan fingerprint density at radius 1 is 0.396 bits per heavy atom. The fourth-order valence-electron chi connectivity index (χ4n) is 3.41. The van der Waals surface area contributed by atoms with E-state index in [1.165, 1.54) is 7.11 Å². The molecule has 1 aromatic rings. The number of carbonyl (C=O) groups is 2. The van der Waals surface area contributed by atoms with Crippen LogP contribution in [0, 0.1) is 0 Å². The topological polar surface area (TPSA) is 154 Å². The van der Waals surface area contributed by atoms with Gasteiger partial charge in [0.15, 0.2) is 0 Å². The van der Waals surface area contributed by atoms with Crippen LogP contribution in [0.5, 0.6) is 0 Å². The number of rotatable bonds is 37. The third kappa shape index (κ3) is 31.0. The van der Waals surface area contributed by atoms with Crippen LogP contribution in [0.4, 0.5) is 0 Å². The number of methoxy groups -OCH3 is 1. The van der Waals surface area contributed by atoms with Crippen molar-refractivity contribution in [2.24, 2.45) is 0 Å². The van der Waals surface area contributed by atoms with Crippen molar-refractivity contribution in [1.29, 1.82) is 0 Å². The lowest BCUT2D eigenvalue weighted by Gasteiger charge is -2.09. The first-order chi connectivity index (χ1) is 23.7. The third-order valence-corrected chi connectivity index (χ3v) is 5.87. The van der Waals surface area contributed by atoms with E-state index in [1.807, 2.05) is 6.07 Å². The van der Waals surface area contributed by atoms with Gasteiger partial charge < -0.3 is 61.6 Å².